The number of benzene rings is 2. The van der Waals surface area contributed by atoms with Gasteiger partial charge in [0, 0.05) is 40.5 Å². The third-order valence-electron chi connectivity index (χ3n) is 16.1. The smallest absolute Gasteiger partial charge is 0.305 e. The number of Topliss-reactive ketones (excluding diaryl/α,β-unsaturated/α-hetero) is 1. The van der Waals surface area contributed by atoms with Crippen LogP contribution in [0.25, 0.3) is 0 Å². The molecule has 2 aromatic rings. The molecule has 17 nitrogen and oxygen atoms in total. The van der Waals surface area contributed by atoms with E-state index in [0.717, 1.165) is 30.9 Å². The van der Waals surface area contributed by atoms with Crippen LogP contribution in [0.3, 0.4) is 0 Å². The fourth-order valence-electron chi connectivity index (χ4n) is 12.2. The lowest BCUT2D eigenvalue weighted by Gasteiger charge is -2.63. The Morgan fingerprint density at radius 1 is 0.932 bits per heavy atom. The fourth-order valence-corrected chi connectivity index (χ4v) is 13.5. The van der Waals surface area contributed by atoms with Crippen LogP contribution in [-0.2, 0) is 49.5 Å². The van der Waals surface area contributed by atoms with Gasteiger partial charge in [0.25, 0.3) is 0 Å². The van der Waals surface area contributed by atoms with Gasteiger partial charge < -0.3 is 51.2 Å². The minimum absolute atomic E-state index is 0.0163. The molecule has 3 saturated carbocycles. The number of alkyl halides is 2. The summed E-state index contributed by atoms with van der Waals surface area (Å²) in [7, 11) is 0. The molecular formula is C54H68F2N4O13S. The van der Waals surface area contributed by atoms with E-state index in [1.807, 2.05) is 13.8 Å². The highest BCUT2D eigenvalue weighted by atomic mass is 32.2. The summed E-state index contributed by atoms with van der Waals surface area (Å²) in [6, 6.07) is 9.55. The van der Waals surface area contributed by atoms with Gasteiger partial charge in [0.05, 0.1) is 29.6 Å². The van der Waals surface area contributed by atoms with Crippen LogP contribution in [0.15, 0.2) is 66.3 Å². The summed E-state index contributed by atoms with van der Waals surface area (Å²) >= 11 is 1.28. The molecule has 14 atom stereocenters. The van der Waals surface area contributed by atoms with Crippen LogP contribution in [0, 0.1) is 22.7 Å². The third kappa shape index (κ3) is 10.7. The topological polar surface area (TPSA) is 267 Å². The van der Waals surface area contributed by atoms with Crippen molar-refractivity contribution in [2.45, 2.75) is 158 Å². The van der Waals surface area contributed by atoms with Crippen LogP contribution in [-0.4, -0.2) is 127 Å². The van der Waals surface area contributed by atoms with E-state index in [2.05, 4.69) is 21.3 Å². The van der Waals surface area contributed by atoms with Crippen LogP contribution in [0.4, 0.5) is 14.5 Å². The van der Waals surface area contributed by atoms with Gasteiger partial charge in [-0.15, -0.1) is 11.8 Å². The summed E-state index contributed by atoms with van der Waals surface area (Å²) in [6.07, 6.45) is 0.303. The molecule has 2 unspecified atom stereocenters. The number of rotatable bonds is 21. The average molecular weight is 1050 g/mol. The molecule has 1 aliphatic heterocycles. The number of amides is 4. The molecule has 0 bridgehead atoms. The van der Waals surface area contributed by atoms with Crippen LogP contribution in [0.5, 0.6) is 5.75 Å². The van der Waals surface area contributed by atoms with Crippen molar-refractivity contribution in [1.29, 1.82) is 0 Å². The second-order valence-electron chi connectivity index (χ2n) is 21.0. The fraction of sp³-hybridized carbons (Fsp3) is 0.574. The van der Waals surface area contributed by atoms with E-state index in [9.17, 15) is 54.0 Å². The van der Waals surface area contributed by atoms with Crippen molar-refractivity contribution in [3.63, 3.8) is 0 Å². The number of allylic oxidation sites excluding steroid dienone is 4. The number of carbonyl (C=O) groups excluding carboxylic acids is 6. The molecule has 402 valence electrons. The number of aliphatic carboxylic acids is 1. The summed E-state index contributed by atoms with van der Waals surface area (Å²) in [4.78, 5) is 89.3. The minimum Gasteiger partial charge on any atom is -0.506 e. The first-order valence-electron chi connectivity index (χ1n) is 25.3. The largest absolute Gasteiger partial charge is 0.506 e. The number of halogens is 2. The highest BCUT2D eigenvalue weighted by Gasteiger charge is 2.80. The van der Waals surface area contributed by atoms with E-state index < -0.39 is 124 Å². The number of aromatic hydroxyl groups is 1. The number of fused-ring (bicyclic) bond motifs is 7. The van der Waals surface area contributed by atoms with Gasteiger partial charge >= 0.3 is 5.97 Å². The number of anilines is 1. The highest BCUT2D eigenvalue weighted by molar-refractivity contribution is 8.01. The molecule has 4 fully saturated rings. The number of unbranched alkanes of at least 4 members (excludes halogenated alkanes) is 1. The summed E-state index contributed by atoms with van der Waals surface area (Å²) in [5.41, 5.74) is -5.01. The van der Waals surface area contributed by atoms with Crippen LogP contribution in [0.1, 0.15) is 116 Å². The minimum atomic E-state index is -2.38. The maximum Gasteiger partial charge on any atom is 0.305 e. The van der Waals surface area contributed by atoms with Crippen molar-refractivity contribution >= 4 is 58.6 Å². The monoisotopic (exact) mass is 1050 g/mol. The standard InChI is InChI=1S/C54H68F2N4O13S/c1-7-8-9-28(2)74-41(25-46(67)68)49(71)57-19-17-45(66)58-29(3)47(69)59-30(4)48(70)60-39-21-32(12-15-40(39)63)20-31-10-13-33(14-11-31)50-72-44-24-35-36-23-38(55)37-22-34(62)16-18-51(37,5)53(36,56)42(64)26-52(35,6)54(44,73-50)43(65)27-61/h10-16,18,21-22,28-30,35-36,38,41-42,44,50,61,63-64H,7-9,17,19-20,23-27H2,1-6H3,(H,57,71)(H,58,66)(H,59,69)(H,60,70)(H,67,68)/t28?,29-,30-,35-,36-,38-,41?,42-,44+,50+,51-,52-,53-,54+/m0/s1. The van der Waals surface area contributed by atoms with Crippen LogP contribution in [0.2, 0.25) is 0 Å². The number of nitrogens with one attached hydrogen (secondary N) is 4. The molecule has 74 heavy (non-hydrogen) atoms. The molecule has 4 aliphatic carbocycles. The van der Waals surface area contributed by atoms with Gasteiger partial charge in [-0.1, -0.05) is 70.0 Å². The number of ether oxygens (including phenoxy) is 2. The van der Waals surface area contributed by atoms with Gasteiger partial charge in [-0.25, -0.2) is 8.78 Å². The number of aliphatic hydroxyl groups excluding tert-OH is 2. The second-order valence-corrected chi connectivity index (χ2v) is 22.6. The maximum atomic E-state index is 17.8. The first kappa shape index (κ1) is 56.2. The van der Waals surface area contributed by atoms with Gasteiger partial charge in [-0.2, -0.15) is 0 Å². The van der Waals surface area contributed by atoms with Crippen molar-refractivity contribution in [3.05, 3.63) is 83.0 Å². The lowest BCUT2D eigenvalue weighted by Crippen LogP contribution is -2.70. The first-order valence-corrected chi connectivity index (χ1v) is 26.3. The number of aliphatic hydroxyl groups is 2. The number of thioether (sulfide) groups is 1. The van der Waals surface area contributed by atoms with Crippen molar-refractivity contribution in [2.24, 2.45) is 22.7 Å². The normalized spacial score (nSPS) is 31.3. The Hall–Kier alpha value is -5.54. The molecule has 7 rings (SSSR count). The summed E-state index contributed by atoms with van der Waals surface area (Å²) in [5.74, 6) is -6.66. The number of carboxylic acids is 1. The Morgan fingerprint density at radius 2 is 1.62 bits per heavy atom. The van der Waals surface area contributed by atoms with Gasteiger partial charge in [0.2, 0.25) is 23.6 Å². The molecule has 0 radical (unpaired) electrons. The van der Waals surface area contributed by atoms with E-state index in [4.69, 9.17) is 9.47 Å². The predicted molar refractivity (Wildman–Crippen MR) is 269 cm³/mol. The Kier molecular flexibility index (Phi) is 17.0. The number of carbonyl (C=O) groups is 7. The Balaban J connectivity index is 0.926. The van der Waals surface area contributed by atoms with E-state index in [-0.39, 0.29) is 60.9 Å². The van der Waals surface area contributed by atoms with E-state index >= 15 is 8.78 Å². The van der Waals surface area contributed by atoms with Crippen LogP contribution < -0.4 is 21.3 Å². The van der Waals surface area contributed by atoms with Crippen LogP contribution >= 0.6 is 11.8 Å². The number of ketones is 2. The predicted octanol–water partition coefficient (Wildman–Crippen LogP) is 5.24. The van der Waals surface area contributed by atoms with E-state index in [1.165, 1.54) is 50.8 Å². The van der Waals surface area contributed by atoms with Crippen molar-refractivity contribution in [1.82, 2.24) is 16.0 Å². The van der Waals surface area contributed by atoms with Gasteiger partial charge in [-0.3, -0.25) is 33.6 Å². The zero-order chi connectivity index (χ0) is 54.1. The highest BCUT2D eigenvalue weighted by Crippen LogP contribution is 2.72. The maximum absolute atomic E-state index is 17.8. The number of phenolic OH excluding ortho intramolecular Hbond substituents is 1. The lowest BCUT2D eigenvalue weighted by atomic mass is 9.44. The van der Waals surface area contributed by atoms with Gasteiger partial charge in [0.1, 0.15) is 30.6 Å². The summed E-state index contributed by atoms with van der Waals surface area (Å²) in [6.45, 7) is 9.05. The molecular weight excluding hydrogens is 983 g/mol. The molecule has 4 amide bonds. The number of hydrogen-bond acceptors (Lipinski definition) is 13. The third-order valence-corrected chi connectivity index (χ3v) is 17.5. The molecule has 1 saturated heterocycles. The van der Waals surface area contributed by atoms with Crippen molar-refractivity contribution in [2.75, 3.05) is 18.5 Å². The zero-order valence-electron chi connectivity index (χ0n) is 42.5. The Bertz CT molecular complexity index is 2580. The summed E-state index contributed by atoms with van der Waals surface area (Å²) < 4.78 is 46.9. The van der Waals surface area contributed by atoms with E-state index in [1.54, 1.807) is 43.3 Å². The number of carboxylic acid groups (broad SMARTS) is 1. The average Bonchev–Trinajstić information content (AvgIpc) is 3.85. The number of phenols is 1. The second kappa shape index (κ2) is 22.4. The molecule has 8 N–H and O–H groups in total. The zero-order valence-corrected chi connectivity index (χ0v) is 43.3. The molecule has 0 aromatic heterocycles. The van der Waals surface area contributed by atoms with E-state index in [0.29, 0.717) is 17.5 Å². The van der Waals surface area contributed by atoms with Crippen molar-refractivity contribution in [3.8, 4) is 5.75 Å². The number of hydrogen-bond donors (Lipinski definition) is 8. The molecule has 20 heteroatoms. The first-order chi connectivity index (χ1) is 34.9. The van der Waals surface area contributed by atoms with Crippen molar-refractivity contribution < 1.29 is 72.2 Å². The lowest BCUT2D eigenvalue weighted by molar-refractivity contribution is -0.235. The van der Waals surface area contributed by atoms with Gasteiger partial charge in [-0.05, 0) is 99.8 Å². The Morgan fingerprint density at radius 3 is 2.30 bits per heavy atom. The SMILES string of the molecule is CCCCC(C)SC(CC(=O)O)C(=O)NCCC(=O)N[C@@H](C)C(=O)N[C@@H](C)C(=O)Nc1cc(Cc2ccc([C@@H]3O[C@@H]4C[C@H]5[C@@H]6C[C@H](F)C7=CC(=O)C=C[C@]7(C)[C@@]6(F)[C@@H](O)C[C@]5(C)[C@]4(C(=O)CO)O3)cc2)ccc1O. The summed E-state index contributed by atoms with van der Waals surface area (Å²) in [5, 5.41) is 51.7. The molecule has 5 aliphatic rings. The molecule has 1 heterocycles. The molecule has 0 spiro atoms. The quantitative estimate of drug-likeness (QED) is 0.0745. The van der Waals surface area contributed by atoms with Gasteiger partial charge in [0.15, 0.2) is 29.1 Å². The molecule has 2 aromatic carbocycles. The Labute approximate surface area is 433 Å².